The number of imidazole rings is 1. The Morgan fingerprint density at radius 2 is 1.09 bits per heavy atom. The topological polar surface area (TPSA) is 38.5 Å². The van der Waals surface area contributed by atoms with Gasteiger partial charge >= 0.3 is 397 Å². The van der Waals surface area contributed by atoms with E-state index in [1.807, 2.05) is 163 Å². The van der Waals surface area contributed by atoms with Crippen molar-refractivity contribution in [2.75, 3.05) is 9.62 Å². The molecule has 0 N–H and O–H groups in total. The molecule has 0 saturated heterocycles. The predicted molar refractivity (Wildman–Crippen MR) is 317 cm³/mol. The van der Waals surface area contributed by atoms with Gasteiger partial charge in [-0.25, -0.2) is 0 Å². The number of benzene rings is 9. The van der Waals surface area contributed by atoms with E-state index < -0.39 is 84.6 Å². The van der Waals surface area contributed by atoms with Gasteiger partial charge in [0.15, 0.2) is 0 Å². The number of pyridine rings is 1. The second kappa shape index (κ2) is 20.4. The van der Waals surface area contributed by atoms with Crippen molar-refractivity contribution in [3.8, 4) is 56.4 Å². The number of para-hydroxylation sites is 5. The number of rotatable bonds is 11. The van der Waals surface area contributed by atoms with Crippen molar-refractivity contribution in [1.29, 1.82) is 0 Å². The van der Waals surface area contributed by atoms with E-state index in [1.165, 1.54) is 0 Å². The van der Waals surface area contributed by atoms with Crippen molar-refractivity contribution in [2.24, 2.45) is 5.41 Å². The SMILES string of the molecule is [2H]c1c([2H])c([2H])c(-c2cc(C([2H])([2H])C(C)(C)C)cc(-c3ccccc3)c2-n2[c](=[Pt])n(-c3cccc(Oc4nc(N5B(c6ccccc6)N(c6ccccc6)c6ccccc65)cc(C(C)(C)C)c4-c4c([2H])c([2H])c([2H])c([2H])c4[2H])c3)c3ccccc32)c([2H])c1[2H]. The maximum absolute atomic E-state index is 9.64. The van der Waals surface area contributed by atoms with Crippen molar-refractivity contribution in [3.63, 3.8) is 0 Å². The summed E-state index contributed by atoms with van der Waals surface area (Å²) < 4.78 is 122. The third-order valence-corrected chi connectivity index (χ3v) is 14.5. The minimum atomic E-state index is -1.99. The number of fused-ring (bicyclic) bond motifs is 2. The molecule has 0 radical (unpaired) electrons. The fraction of sp³-hybridized carbons (Fsp3) is 0.130. The summed E-state index contributed by atoms with van der Waals surface area (Å²) in [6.45, 7) is 10.9. The molecule has 0 unspecified atom stereocenters. The van der Waals surface area contributed by atoms with Gasteiger partial charge in [0.05, 0.1) is 1.37 Å². The van der Waals surface area contributed by atoms with Gasteiger partial charge in [-0.3, -0.25) is 0 Å². The fourth-order valence-electron chi connectivity index (χ4n) is 10.4. The molecule has 11 aromatic rings. The molecule has 1 aliphatic heterocycles. The molecule has 3 heterocycles. The second-order valence-electron chi connectivity index (χ2n) is 21.0. The molecule has 77 heavy (non-hydrogen) atoms. The molecule has 9 aromatic carbocycles. The van der Waals surface area contributed by atoms with Crippen LogP contribution in [0.4, 0.5) is 22.9 Å². The minimum absolute atomic E-state index is 0.0150. The molecule has 0 saturated carbocycles. The first-order valence-electron chi connectivity index (χ1n) is 31.5. The van der Waals surface area contributed by atoms with Crippen LogP contribution < -0.4 is 19.8 Å². The van der Waals surface area contributed by atoms with Gasteiger partial charge in [-0.15, -0.1) is 0 Å². The molecule has 0 bridgehead atoms. The Kier molecular flexibility index (Phi) is 9.92. The predicted octanol–water partition coefficient (Wildman–Crippen LogP) is 17.3. The maximum atomic E-state index is 9.64. The van der Waals surface area contributed by atoms with Gasteiger partial charge in [-0.05, 0) is 18.2 Å². The Balaban J connectivity index is 1.12. The van der Waals surface area contributed by atoms with E-state index in [2.05, 4.69) is 59.3 Å². The van der Waals surface area contributed by atoms with Crippen LogP contribution in [0.2, 0.25) is 0 Å². The summed E-state index contributed by atoms with van der Waals surface area (Å²) in [5, 5.41) is 0. The van der Waals surface area contributed by atoms with Crippen LogP contribution in [0.25, 0.3) is 55.8 Å². The molecule has 1 aliphatic rings. The molecule has 2 aromatic heterocycles. The zero-order valence-electron chi connectivity index (χ0n) is 55.4. The Morgan fingerprint density at radius 3 is 1.73 bits per heavy atom. The summed E-state index contributed by atoms with van der Waals surface area (Å²) in [6.07, 6.45) is -1.99. The van der Waals surface area contributed by atoms with Crippen molar-refractivity contribution >= 4 is 46.4 Å². The summed E-state index contributed by atoms with van der Waals surface area (Å²) in [5.41, 5.74) is 6.73. The third kappa shape index (κ3) is 9.59. The Hall–Kier alpha value is -8.25. The number of hydrogen-bond acceptors (Lipinski definition) is 4. The van der Waals surface area contributed by atoms with Gasteiger partial charge in [-0.1, -0.05) is 60.7 Å². The van der Waals surface area contributed by atoms with Crippen molar-refractivity contribution < 1.29 is 40.5 Å². The van der Waals surface area contributed by atoms with E-state index >= 15 is 0 Å². The van der Waals surface area contributed by atoms with E-state index in [0.29, 0.717) is 48.7 Å². The molecule has 6 nitrogen and oxygen atoms in total. The summed E-state index contributed by atoms with van der Waals surface area (Å²) in [6, 6.07) is 53.3. The zero-order valence-corrected chi connectivity index (χ0v) is 45.6. The number of nitrogens with zero attached hydrogens (tertiary/aromatic N) is 5. The molecule has 12 rings (SSSR count). The average molecular weight is 1190 g/mol. The quantitative estimate of drug-likeness (QED) is 0.121. The summed E-state index contributed by atoms with van der Waals surface area (Å²) in [7, 11) is 0. The first-order chi connectivity index (χ1) is 42.3. The Labute approximate surface area is 480 Å². The van der Waals surface area contributed by atoms with Crippen molar-refractivity contribution in [3.05, 3.63) is 257 Å². The molecule has 8 heteroatoms. The molecule has 0 amide bonds. The standard InChI is InChI=1S/C69H60BN5O.Pt/c1-68(2,3)47-49-43-57(50-27-12-7-13-28-50)66(58(44-49)51-29-14-8-15-30-51)73-48-72(60-39-22-23-40-61(60)73)55-37-26-38-56(45-55)76-67-65(52-31-16-9-17-32-52)59(69(4,5)6)46-64(71-67)75-63-42-25-24-41-62(63)74(54-35-20-11-21-36-54)70(75)53-33-18-10-19-34-53;/h7-46H,47H2,1-6H3;/i7D,9D,12D,13D,16D,17D,27D,28D,31D,32D,47D2;. The number of aromatic nitrogens is 3. The first kappa shape index (κ1) is 37.5. The van der Waals surface area contributed by atoms with Crippen LogP contribution in [-0.2, 0) is 31.1 Å². The third-order valence-electron chi connectivity index (χ3n) is 13.5. The van der Waals surface area contributed by atoms with E-state index in [4.69, 9.17) is 17.9 Å². The molecule has 380 valence electrons. The average Bonchev–Trinajstić information content (AvgIpc) is 1.72. The zero-order chi connectivity index (χ0) is 63.3. The number of ether oxygens (including phenoxy) is 1. The first-order valence-corrected chi connectivity index (χ1v) is 26.6. The van der Waals surface area contributed by atoms with Crippen LogP contribution >= 0.6 is 0 Å². The van der Waals surface area contributed by atoms with Crippen LogP contribution in [0.15, 0.2) is 242 Å². The van der Waals surface area contributed by atoms with Crippen LogP contribution in [0, 0.1) is 9.22 Å². The normalized spacial score (nSPS) is 15.0. The van der Waals surface area contributed by atoms with Gasteiger partial charge in [0.2, 0.25) is 0 Å². The van der Waals surface area contributed by atoms with E-state index in [9.17, 15) is 8.22 Å². The fourth-order valence-corrected chi connectivity index (χ4v) is 11.5. The van der Waals surface area contributed by atoms with Gasteiger partial charge in [0.1, 0.15) is 0 Å². The molecule has 0 atom stereocenters. The van der Waals surface area contributed by atoms with Gasteiger partial charge < -0.3 is 0 Å². The van der Waals surface area contributed by atoms with Crippen LogP contribution in [0.1, 0.15) is 69.1 Å². The summed E-state index contributed by atoms with van der Waals surface area (Å²) in [5.74, 6) is 0.737. The number of anilines is 4. The second-order valence-corrected chi connectivity index (χ2v) is 22.0. The Morgan fingerprint density at radius 1 is 0.545 bits per heavy atom. The Bertz CT molecular complexity index is 4650. The van der Waals surface area contributed by atoms with Crippen LogP contribution in [0.3, 0.4) is 0 Å². The molecular weight excluding hydrogens is 1120 g/mol. The van der Waals surface area contributed by atoms with Crippen molar-refractivity contribution in [1.82, 2.24) is 14.1 Å². The van der Waals surface area contributed by atoms with Gasteiger partial charge in [-0.2, -0.15) is 0 Å². The molecule has 0 spiro atoms. The molecular formula is C69H60BN5OPt. The monoisotopic (exact) mass is 1190 g/mol. The summed E-state index contributed by atoms with van der Waals surface area (Å²) >= 11 is 2.24. The van der Waals surface area contributed by atoms with Gasteiger partial charge in [0.25, 0.3) is 0 Å². The van der Waals surface area contributed by atoms with Crippen LogP contribution in [-0.4, -0.2) is 21.1 Å². The molecule has 0 fully saturated rings. The van der Waals surface area contributed by atoms with E-state index in [-0.39, 0.29) is 39.4 Å². The van der Waals surface area contributed by atoms with E-state index in [1.54, 1.807) is 39.0 Å². The molecule has 0 aliphatic carbocycles. The van der Waals surface area contributed by atoms with Gasteiger partial charge in [0, 0.05) is 5.69 Å². The summed E-state index contributed by atoms with van der Waals surface area (Å²) in [4.78, 5) is 9.88. The van der Waals surface area contributed by atoms with E-state index in [0.717, 1.165) is 22.5 Å². The van der Waals surface area contributed by atoms with Crippen LogP contribution in [0.5, 0.6) is 11.6 Å². The number of hydrogen-bond donors (Lipinski definition) is 0. The van der Waals surface area contributed by atoms with Crippen molar-refractivity contribution in [2.45, 2.75) is 53.3 Å².